The van der Waals surface area contributed by atoms with Crippen molar-refractivity contribution in [2.45, 2.75) is 6.92 Å². The van der Waals surface area contributed by atoms with Crippen LogP contribution >= 0.6 is 0 Å². The van der Waals surface area contributed by atoms with Gasteiger partial charge in [-0.15, -0.1) is 0 Å². The lowest BCUT2D eigenvalue weighted by Gasteiger charge is -2.21. The number of nitrogens with one attached hydrogen (secondary N) is 1. The molecule has 0 spiro atoms. The number of carbonyl (C=O) groups excluding carboxylic acids is 1. The van der Waals surface area contributed by atoms with E-state index in [0.717, 1.165) is 5.56 Å². The molecule has 148 valence electrons. The van der Waals surface area contributed by atoms with Crippen LogP contribution in [0.4, 0.5) is 28.7 Å². The van der Waals surface area contributed by atoms with E-state index in [4.69, 9.17) is 4.74 Å². The van der Waals surface area contributed by atoms with Gasteiger partial charge >= 0.3 is 11.7 Å². The third kappa shape index (κ3) is 4.13. The van der Waals surface area contributed by atoms with Gasteiger partial charge in [-0.3, -0.25) is 10.1 Å². The van der Waals surface area contributed by atoms with E-state index in [0.29, 0.717) is 11.4 Å². The van der Waals surface area contributed by atoms with E-state index in [9.17, 15) is 14.9 Å². The Kier molecular flexibility index (Phi) is 5.68. The molecule has 1 heterocycles. The maximum Gasteiger partial charge on any atom is 0.354 e. The summed E-state index contributed by atoms with van der Waals surface area (Å²) in [6.07, 6.45) is 1.23. The molecule has 1 N–H and O–H groups in total. The van der Waals surface area contributed by atoms with Crippen LogP contribution in [0.5, 0.6) is 0 Å². The molecule has 0 aliphatic carbocycles. The lowest BCUT2D eigenvalue weighted by molar-refractivity contribution is -0.383. The van der Waals surface area contributed by atoms with E-state index >= 15 is 0 Å². The van der Waals surface area contributed by atoms with Crippen molar-refractivity contribution in [2.75, 3.05) is 24.4 Å². The van der Waals surface area contributed by atoms with Gasteiger partial charge in [-0.1, -0.05) is 29.8 Å². The molecule has 1 aromatic heterocycles. The van der Waals surface area contributed by atoms with E-state index < -0.39 is 10.9 Å². The predicted molar refractivity (Wildman–Crippen MR) is 109 cm³/mol. The number of carbonyl (C=O) groups is 1. The summed E-state index contributed by atoms with van der Waals surface area (Å²) in [6.45, 7) is 1.95. The maximum atomic E-state index is 12.1. The molecule has 0 aliphatic rings. The monoisotopic (exact) mass is 393 g/mol. The lowest BCUT2D eigenvalue weighted by atomic mass is 10.1. The summed E-state index contributed by atoms with van der Waals surface area (Å²) >= 11 is 0. The van der Waals surface area contributed by atoms with Gasteiger partial charge in [0, 0.05) is 12.7 Å². The average molecular weight is 393 g/mol. The molecule has 0 radical (unpaired) electrons. The van der Waals surface area contributed by atoms with Crippen molar-refractivity contribution >= 4 is 34.7 Å². The van der Waals surface area contributed by atoms with Crippen molar-refractivity contribution in [1.29, 1.82) is 0 Å². The Morgan fingerprint density at radius 2 is 1.83 bits per heavy atom. The number of aromatic nitrogens is 2. The van der Waals surface area contributed by atoms with Crippen LogP contribution in [-0.2, 0) is 4.74 Å². The highest BCUT2D eigenvalue weighted by molar-refractivity contribution is 5.97. The summed E-state index contributed by atoms with van der Waals surface area (Å²) in [4.78, 5) is 33.0. The zero-order chi connectivity index (χ0) is 21.0. The Labute approximate surface area is 167 Å². The number of aryl methyl sites for hydroxylation is 1. The van der Waals surface area contributed by atoms with E-state index in [-0.39, 0.29) is 22.9 Å². The lowest BCUT2D eigenvalue weighted by Crippen LogP contribution is -2.18. The fraction of sp³-hybridized carbons (Fsp3) is 0.150. The summed E-state index contributed by atoms with van der Waals surface area (Å²) in [5.41, 5.74) is 2.09. The fourth-order valence-electron chi connectivity index (χ4n) is 2.81. The number of ether oxygens (including phenoxy) is 1. The van der Waals surface area contributed by atoms with Crippen molar-refractivity contribution in [3.05, 3.63) is 76.1 Å². The van der Waals surface area contributed by atoms with Gasteiger partial charge in [0.05, 0.1) is 23.3 Å². The molecule has 9 heteroatoms. The Morgan fingerprint density at radius 3 is 2.48 bits per heavy atom. The molecule has 0 bridgehead atoms. The van der Waals surface area contributed by atoms with E-state index in [1.54, 1.807) is 43.4 Å². The molecular formula is C20H19N5O4. The molecule has 0 saturated carbocycles. The van der Waals surface area contributed by atoms with Gasteiger partial charge in [0.15, 0.2) is 0 Å². The Balaban J connectivity index is 2.07. The molecule has 0 atom stereocenters. The number of benzene rings is 2. The third-order valence-electron chi connectivity index (χ3n) is 4.29. The second-order valence-electron chi connectivity index (χ2n) is 6.21. The van der Waals surface area contributed by atoms with Crippen molar-refractivity contribution in [3.63, 3.8) is 0 Å². The zero-order valence-electron chi connectivity index (χ0n) is 16.1. The molecule has 29 heavy (non-hydrogen) atoms. The minimum absolute atomic E-state index is 0.0379. The van der Waals surface area contributed by atoms with Gasteiger partial charge in [0.1, 0.15) is 6.33 Å². The zero-order valence-corrected chi connectivity index (χ0v) is 16.1. The summed E-state index contributed by atoms with van der Waals surface area (Å²) in [7, 11) is 2.86. The second-order valence-corrected chi connectivity index (χ2v) is 6.21. The van der Waals surface area contributed by atoms with Crippen LogP contribution in [0.3, 0.4) is 0 Å². The number of methoxy groups -OCH3 is 1. The molecule has 0 amide bonds. The Bertz CT molecular complexity index is 1050. The molecule has 0 fully saturated rings. The Morgan fingerprint density at radius 1 is 1.14 bits per heavy atom. The van der Waals surface area contributed by atoms with E-state index in [2.05, 4.69) is 15.3 Å². The number of nitro groups is 1. The van der Waals surface area contributed by atoms with Crippen LogP contribution in [0, 0.1) is 17.0 Å². The van der Waals surface area contributed by atoms with Gasteiger partial charge in [-0.2, -0.15) is 0 Å². The number of para-hydroxylation sites is 1. The number of nitrogens with zero attached hydrogens (tertiary/aromatic N) is 4. The summed E-state index contributed by atoms with van der Waals surface area (Å²) in [5.74, 6) is -0.468. The largest absolute Gasteiger partial charge is 0.465 e. The minimum Gasteiger partial charge on any atom is -0.465 e. The first-order chi connectivity index (χ1) is 13.9. The first-order valence-electron chi connectivity index (χ1n) is 8.66. The smallest absolute Gasteiger partial charge is 0.354 e. The topological polar surface area (TPSA) is 110 Å². The van der Waals surface area contributed by atoms with E-state index in [1.807, 2.05) is 19.1 Å². The van der Waals surface area contributed by atoms with Crippen molar-refractivity contribution in [3.8, 4) is 0 Å². The number of hydrogen-bond donors (Lipinski definition) is 1. The van der Waals surface area contributed by atoms with Crippen molar-refractivity contribution in [2.24, 2.45) is 0 Å². The summed E-state index contributed by atoms with van der Waals surface area (Å²) in [5, 5.41) is 14.8. The molecule has 2 aromatic carbocycles. The third-order valence-corrected chi connectivity index (χ3v) is 4.29. The molecule has 3 rings (SSSR count). The summed E-state index contributed by atoms with van der Waals surface area (Å²) in [6, 6.07) is 14.0. The maximum absolute atomic E-state index is 12.1. The van der Waals surface area contributed by atoms with Crippen molar-refractivity contribution < 1.29 is 14.5 Å². The van der Waals surface area contributed by atoms with E-state index in [1.165, 1.54) is 18.3 Å². The minimum atomic E-state index is -0.554. The number of esters is 1. The van der Waals surface area contributed by atoms with Gasteiger partial charge < -0.3 is 15.0 Å². The average Bonchev–Trinajstić information content (AvgIpc) is 2.74. The second kappa shape index (κ2) is 8.34. The Hall–Kier alpha value is -4.01. The van der Waals surface area contributed by atoms with Crippen LogP contribution in [0.25, 0.3) is 0 Å². The standard InChI is InChI=1S/C20H19N5O4/c1-13-8-10-14(11-9-13)23-18-17(25(27)28)19(22-12-21-18)24(2)16-7-5-4-6-15(16)20(26)29-3/h4-12H,1-3H3,(H,21,22,23). The highest BCUT2D eigenvalue weighted by Gasteiger charge is 2.28. The fourth-order valence-corrected chi connectivity index (χ4v) is 2.81. The number of hydrogen-bond acceptors (Lipinski definition) is 8. The molecule has 3 aromatic rings. The highest BCUT2D eigenvalue weighted by Crippen LogP contribution is 2.37. The van der Waals surface area contributed by atoms with Gasteiger partial charge in [0.25, 0.3) is 0 Å². The summed E-state index contributed by atoms with van der Waals surface area (Å²) < 4.78 is 4.81. The quantitative estimate of drug-likeness (QED) is 0.380. The van der Waals surface area contributed by atoms with Gasteiger partial charge in [-0.25, -0.2) is 14.8 Å². The SMILES string of the molecule is COC(=O)c1ccccc1N(C)c1ncnc(Nc2ccc(C)cc2)c1[N+](=O)[O-]. The molecule has 0 aliphatic heterocycles. The van der Waals surface area contributed by atoms with Gasteiger partial charge in [-0.05, 0) is 31.2 Å². The van der Waals surface area contributed by atoms with Crippen molar-refractivity contribution in [1.82, 2.24) is 9.97 Å². The number of anilines is 4. The normalized spacial score (nSPS) is 10.3. The first-order valence-corrected chi connectivity index (χ1v) is 8.66. The molecule has 9 nitrogen and oxygen atoms in total. The molecular weight excluding hydrogens is 374 g/mol. The van der Waals surface area contributed by atoms with Gasteiger partial charge in [0.2, 0.25) is 11.6 Å². The van der Waals surface area contributed by atoms with Crippen LogP contribution in [-0.4, -0.2) is 35.0 Å². The van der Waals surface area contributed by atoms with Crippen LogP contribution < -0.4 is 10.2 Å². The predicted octanol–water partition coefficient (Wildman–Crippen LogP) is 3.99. The number of rotatable bonds is 6. The van der Waals surface area contributed by atoms with Crippen LogP contribution in [0.15, 0.2) is 54.9 Å². The van der Waals surface area contributed by atoms with Crippen LogP contribution in [0.1, 0.15) is 15.9 Å². The molecule has 0 saturated heterocycles. The van der Waals surface area contributed by atoms with Crippen LogP contribution in [0.2, 0.25) is 0 Å². The highest BCUT2D eigenvalue weighted by atomic mass is 16.6. The molecule has 0 unspecified atom stereocenters. The first kappa shape index (κ1) is 19.7.